The van der Waals surface area contributed by atoms with Crippen molar-refractivity contribution < 1.29 is 9.53 Å². The third-order valence-electron chi connectivity index (χ3n) is 1.76. The van der Waals surface area contributed by atoms with E-state index in [9.17, 15) is 4.79 Å². The van der Waals surface area contributed by atoms with E-state index >= 15 is 0 Å². The molecule has 13 heavy (non-hydrogen) atoms. The average molecular weight is 180 g/mol. The lowest BCUT2D eigenvalue weighted by Gasteiger charge is -2.00. The Morgan fingerprint density at radius 3 is 2.85 bits per heavy atom. The summed E-state index contributed by atoms with van der Waals surface area (Å²) in [6.07, 6.45) is 3.13. The topological polar surface area (TPSA) is 44.1 Å². The second-order valence-electron chi connectivity index (χ2n) is 2.69. The molecule has 0 bridgehead atoms. The Morgan fingerprint density at radius 1 is 1.69 bits per heavy atom. The van der Waals surface area contributed by atoms with Crippen LogP contribution >= 0.6 is 0 Å². The molecule has 0 spiro atoms. The van der Waals surface area contributed by atoms with E-state index in [1.165, 1.54) is 13.2 Å². The minimum atomic E-state index is -0.348. The highest BCUT2D eigenvalue weighted by Crippen LogP contribution is 2.11. The molecule has 0 fully saturated rings. The molecule has 1 rings (SSSR count). The molecule has 0 saturated heterocycles. The van der Waals surface area contributed by atoms with Crippen molar-refractivity contribution in [1.29, 1.82) is 0 Å². The third-order valence-corrected chi connectivity index (χ3v) is 1.76. The fourth-order valence-electron chi connectivity index (χ4n) is 1.07. The molecule has 4 nitrogen and oxygen atoms in total. The Bertz CT molecular complexity index is 339. The number of carbonyl (C=O) groups is 1. The standard InChI is InChI=1S/C9H12N2O2/c1-7(6-9(12)13-3)8-4-5-10-11(8)2/h4-6H,1-3H3/b7-6-. The summed E-state index contributed by atoms with van der Waals surface area (Å²) in [6.45, 7) is 1.84. The molecule has 0 N–H and O–H groups in total. The fraction of sp³-hybridized carbons (Fsp3) is 0.333. The monoisotopic (exact) mass is 180 g/mol. The number of methoxy groups -OCH3 is 1. The molecule has 0 radical (unpaired) electrons. The molecule has 1 aromatic heterocycles. The normalized spacial score (nSPS) is 11.5. The predicted molar refractivity (Wildman–Crippen MR) is 48.9 cm³/mol. The summed E-state index contributed by atoms with van der Waals surface area (Å²) in [5.41, 5.74) is 1.75. The molecule has 0 saturated carbocycles. The van der Waals surface area contributed by atoms with Crippen molar-refractivity contribution in [3.8, 4) is 0 Å². The van der Waals surface area contributed by atoms with Gasteiger partial charge in [-0.1, -0.05) is 0 Å². The number of aromatic nitrogens is 2. The largest absolute Gasteiger partial charge is 0.466 e. The quantitative estimate of drug-likeness (QED) is 0.503. The molecule has 0 unspecified atom stereocenters. The van der Waals surface area contributed by atoms with Gasteiger partial charge in [-0.2, -0.15) is 5.10 Å². The highest BCUT2D eigenvalue weighted by molar-refractivity contribution is 5.90. The zero-order chi connectivity index (χ0) is 9.84. The highest BCUT2D eigenvalue weighted by Gasteiger charge is 2.02. The van der Waals surface area contributed by atoms with Crippen LogP contribution in [0.3, 0.4) is 0 Å². The molecule has 1 aromatic rings. The average Bonchev–Trinajstić information content (AvgIpc) is 2.51. The number of aryl methyl sites for hydroxylation is 1. The van der Waals surface area contributed by atoms with Gasteiger partial charge in [0.1, 0.15) is 0 Å². The summed E-state index contributed by atoms with van der Waals surface area (Å²) >= 11 is 0. The number of hydrogen-bond acceptors (Lipinski definition) is 3. The minimum Gasteiger partial charge on any atom is -0.466 e. The summed E-state index contributed by atoms with van der Waals surface area (Å²) in [5, 5.41) is 3.99. The van der Waals surface area contributed by atoms with E-state index in [2.05, 4.69) is 9.84 Å². The first-order valence-electron chi connectivity index (χ1n) is 3.89. The lowest BCUT2D eigenvalue weighted by molar-refractivity contribution is -0.134. The molecule has 0 atom stereocenters. The van der Waals surface area contributed by atoms with Gasteiger partial charge in [-0.25, -0.2) is 4.79 Å². The van der Waals surface area contributed by atoms with Crippen LogP contribution in [0.2, 0.25) is 0 Å². The van der Waals surface area contributed by atoms with Crippen LogP contribution in [0.4, 0.5) is 0 Å². The molecule has 0 aliphatic rings. The van der Waals surface area contributed by atoms with Crippen molar-refractivity contribution in [1.82, 2.24) is 9.78 Å². The second-order valence-corrected chi connectivity index (χ2v) is 2.69. The van der Waals surface area contributed by atoms with Crippen LogP contribution in [0, 0.1) is 0 Å². The van der Waals surface area contributed by atoms with Crippen LogP contribution in [0.15, 0.2) is 18.3 Å². The molecule has 0 aliphatic carbocycles. The van der Waals surface area contributed by atoms with Crippen LogP contribution in [0.5, 0.6) is 0 Å². The molecular weight excluding hydrogens is 168 g/mol. The maximum absolute atomic E-state index is 10.9. The van der Waals surface area contributed by atoms with Gasteiger partial charge in [0.2, 0.25) is 0 Å². The number of allylic oxidation sites excluding steroid dienone is 1. The number of ether oxygens (including phenoxy) is 1. The van der Waals surface area contributed by atoms with E-state index in [0.29, 0.717) is 0 Å². The fourth-order valence-corrected chi connectivity index (χ4v) is 1.07. The van der Waals surface area contributed by atoms with Crippen molar-refractivity contribution in [3.63, 3.8) is 0 Å². The lowest BCUT2D eigenvalue weighted by Crippen LogP contribution is -1.99. The summed E-state index contributed by atoms with van der Waals surface area (Å²) in [6, 6.07) is 1.84. The van der Waals surface area contributed by atoms with Crippen LogP contribution < -0.4 is 0 Å². The molecular formula is C9H12N2O2. The number of rotatable bonds is 2. The molecule has 0 aliphatic heterocycles. The Hall–Kier alpha value is -1.58. The van der Waals surface area contributed by atoms with E-state index in [0.717, 1.165) is 11.3 Å². The molecule has 1 heterocycles. The first-order chi connectivity index (χ1) is 6.15. The van der Waals surface area contributed by atoms with Gasteiger partial charge in [0.05, 0.1) is 12.8 Å². The smallest absolute Gasteiger partial charge is 0.330 e. The SMILES string of the molecule is COC(=O)/C=C(/C)c1ccnn1C. The van der Waals surface area contributed by atoms with Crippen LogP contribution in [0.25, 0.3) is 5.57 Å². The van der Waals surface area contributed by atoms with Crippen LogP contribution in [0.1, 0.15) is 12.6 Å². The van der Waals surface area contributed by atoms with Gasteiger partial charge in [0, 0.05) is 19.3 Å². The lowest BCUT2D eigenvalue weighted by atomic mass is 10.2. The zero-order valence-electron chi connectivity index (χ0n) is 7.94. The summed E-state index contributed by atoms with van der Waals surface area (Å²) in [5.74, 6) is -0.348. The molecule has 4 heteroatoms. The van der Waals surface area contributed by atoms with E-state index < -0.39 is 0 Å². The van der Waals surface area contributed by atoms with E-state index in [-0.39, 0.29) is 5.97 Å². The predicted octanol–water partition coefficient (Wildman–Crippen LogP) is 0.996. The summed E-state index contributed by atoms with van der Waals surface area (Å²) < 4.78 is 6.22. The van der Waals surface area contributed by atoms with Gasteiger partial charge in [0.15, 0.2) is 0 Å². The maximum atomic E-state index is 10.9. The van der Waals surface area contributed by atoms with E-state index in [4.69, 9.17) is 0 Å². The number of carbonyl (C=O) groups excluding carboxylic acids is 1. The van der Waals surface area contributed by atoms with Gasteiger partial charge >= 0.3 is 5.97 Å². The van der Waals surface area contributed by atoms with Gasteiger partial charge in [0.25, 0.3) is 0 Å². The highest BCUT2D eigenvalue weighted by atomic mass is 16.5. The number of esters is 1. The van der Waals surface area contributed by atoms with Gasteiger partial charge < -0.3 is 4.74 Å². The van der Waals surface area contributed by atoms with Gasteiger partial charge in [-0.3, -0.25) is 4.68 Å². The second kappa shape index (κ2) is 3.89. The van der Waals surface area contributed by atoms with Crippen molar-refractivity contribution in [2.24, 2.45) is 7.05 Å². The zero-order valence-corrected chi connectivity index (χ0v) is 7.94. The van der Waals surface area contributed by atoms with Crippen molar-refractivity contribution >= 4 is 11.5 Å². The van der Waals surface area contributed by atoms with Crippen LogP contribution in [-0.2, 0) is 16.6 Å². The Balaban J connectivity index is 2.91. The third kappa shape index (κ3) is 2.18. The number of nitrogens with zero attached hydrogens (tertiary/aromatic N) is 2. The Kier molecular flexibility index (Phi) is 2.84. The maximum Gasteiger partial charge on any atom is 0.330 e. The Morgan fingerprint density at radius 2 is 2.38 bits per heavy atom. The van der Waals surface area contributed by atoms with Crippen molar-refractivity contribution in [2.75, 3.05) is 7.11 Å². The van der Waals surface area contributed by atoms with Gasteiger partial charge in [-0.15, -0.1) is 0 Å². The van der Waals surface area contributed by atoms with Crippen molar-refractivity contribution in [3.05, 3.63) is 24.0 Å². The summed E-state index contributed by atoms with van der Waals surface area (Å²) in [4.78, 5) is 10.9. The van der Waals surface area contributed by atoms with Crippen molar-refractivity contribution in [2.45, 2.75) is 6.92 Å². The Labute approximate surface area is 76.8 Å². The first kappa shape index (κ1) is 9.51. The number of hydrogen-bond donors (Lipinski definition) is 0. The van der Waals surface area contributed by atoms with E-state index in [1.54, 1.807) is 10.9 Å². The molecule has 0 aromatic carbocycles. The van der Waals surface area contributed by atoms with Gasteiger partial charge in [-0.05, 0) is 18.6 Å². The minimum absolute atomic E-state index is 0.348. The molecule has 70 valence electrons. The van der Waals surface area contributed by atoms with E-state index in [1.807, 2.05) is 20.0 Å². The summed E-state index contributed by atoms with van der Waals surface area (Å²) in [7, 11) is 3.18. The van der Waals surface area contributed by atoms with Crippen LogP contribution in [-0.4, -0.2) is 22.9 Å². The molecule has 0 amide bonds. The first-order valence-corrected chi connectivity index (χ1v) is 3.89.